The van der Waals surface area contributed by atoms with Crippen LogP contribution in [-0.4, -0.2) is 18.4 Å². The molecule has 2 amide bonds. The number of ether oxygens (including phenoxy) is 1. The van der Waals surface area contributed by atoms with Gasteiger partial charge in [0.05, 0.1) is 12.2 Å². The highest BCUT2D eigenvalue weighted by atomic mass is 16.5. The fourth-order valence-corrected chi connectivity index (χ4v) is 3.31. The van der Waals surface area contributed by atoms with Crippen LogP contribution in [0.2, 0.25) is 0 Å². The molecule has 1 aliphatic rings. The normalized spacial score (nSPS) is 12.9. The summed E-state index contributed by atoms with van der Waals surface area (Å²) in [5.41, 5.74) is 5.12. The summed E-state index contributed by atoms with van der Waals surface area (Å²) in [5, 5.41) is 2.93. The molecule has 0 fully saturated rings. The van der Waals surface area contributed by atoms with Gasteiger partial charge in [-0.2, -0.15) is 0 Å². The predicted molar refractivity (Wildman–Crippen MR) is 113 cm³/mol. The Balaban J connectivity index is 1.61. The second-order valence-corrected chi connectivity index (χ2v) is 7.19. The van der Waals surface area contributed by atoms with Crippen molar-refractivity contribution >= 4 is 23.2 Å². The number of amides is 2. The van der Waals surface area contributed by atoms with Crippen molar-refractivity contribution < 1.29 is 14.3 Å². The van der Waals surface area contributed by atoms with Gasteiger partial charge in [0.25, 0.3) is 11.8 Å². The smallest absolute Gasteiger partial charge is 0.265 e. The van der Waals surface area contributed by atoms with E-state index >= 15 is 0 Å². The molecule has 5 heteroatoms. The summed E-state index contributed by atoms with van der Waals surface area (Å²) in [4.78, 5) is 27.0. The lowest BCUT2D eigenvalue weighted by molar-refractivity contribution is -0.121. The number of nitrogens with one attached hydrogen (secondary N) is 1. The molecule has 0 unspecified atom stereocenters. The number of aryl methyl sites for hydroxylation is 2. The number of rotatable bonds is 4. The maximum atomic E-state index is 12.8. The average molecular weight is 386 g/mol. The molecule has 0 atom stereocenters. The van der Waals surface area contributed by atoms with Crippen LogP contribution in [0, 0.1) is 13.8 Å². The molecule has 3 aromatic carbocycles. The van der Waals surface area contributed by atoms with Crippen molar-refractivity contribution in [2.75, 3.05) is 16.8 Å². The SMILES string of the molecule is Cc1ccc(NC(=O)c2ccc3c(c2)N(Cc2ccccc2)C(=O)CO3)cc1C. The maximum Gasteiger partial charge on any atom is 0.265 e. The fourth-order valence-electron chi connectivity index (χ4n) is 3.31. The lowest BCUT2D eigenvalue weighted by Crippen LogP contribution is -2.38. The summed E-state index contributed by atoms with van der Waals surface area (Å²) < 4.78 is 5.56. The predicted octanol–water partition coefficient (Wildman–Crippen LogP) is 4.48. The molecule has 0 radical (unpaired) electrons. The van der Waals surface area contributed by atoms with Gasteiger partial charge in [0, 0.05) is 11.3 Å². The van der Waals surface area contributed by atoms with E-state index in [4.69, 9.17) is 4.74 Å². The Morgan fingerprint density at radius 2 is 1.79 bits per heavy atom. The van der Waals surface area contributed by atoms with Crippen LogP contribution >= 0.6 is 0 Å². The molecule has 5 nitrogen and oxygen atoms in total. The van der Waals surface area contributed by atoms with Gasteiger partial charge in [-0.05, 0) is 60.9 Å². The van der Waals surface area contributed by atoms with Gasteiger partial charge in [-0.25, -0.2) is 0 Å². The molecule has 0 bridgehead atoms. The molecule has 0 spiro atoms. The van der Waals surface area contributed by atoms with Crippen molar-refractivity contribution in [1.29, 1.82) is 0 Å². The Hall–Kier alpha value is -3.60. The van der Waals surface area contributed by atoms with Crippen molar-refractivity contribution in [3.63, 3.8) is 0 Å². The largest absolute Gasteiger partial charge is 0.482 e. The van der Waals surface area contributed by atoms with E-state index in [2.05, 4.69) is 5.32 Å². The maximum absolute atomic E-state index is 12.8. The first-order chi connectivity index (χ1) is 14.0. The highest BCUT2D eigenvalue weighted by molar-refractivity contribution is 6.06. The number of hydrogen-bond donors (Lipinski definition) is 1. The average Bonchev–Trinajstić information content (AvgIpc) is 2.73. The molecule has 29 heavy (non-hydrogen) atoms. The van der Waals surface area contributed by atoms with Crippen LogP contribution in [0.1, 0.15) is 27.0 Å². The molecule has 4 rings (SSSR count). The van der Waals surface area contributed by atoms with Gasteiger partial charge >= 0.3 is 0 Å². The molecular weight excluding hydrogens is 364 g/mol. The fraction of sp³-hybridized carbons (Fsp3) is 0.167. The Labute approximate surface area is 169 Å². The summed E-state index contributed by atoms with van der Waals surface area (Å²) in [5.74, 6) is 0.241. The number of anilines is 2. The minimum absolute atomic E-state index is 0.00593. The van der Waals surface area contributed by atoms with Gasteiger partial charge in [-0.1, -0.05) is 36.4 Å². The van der Waals surface area contributed by atoms with E-state index in [9.17, 15) is 9.59 Å². The highest BCUT2D eigenvalue weighted by Gasteiger charge is 2.26. The van der Waals surface area contributed by atoms with Crippen LogP contribution in [0.4, 0.5) is 11.4 Å². The zero-order valence-corrected chi connectivity index (χ0v) is 16.4. The number of benzene rings is 3. The molecule has 3 aromatic rings. The summed E-state index contributed by atoms with van der Waals surface area (Å²) in [7, 11) is 0. The second-order valence-electron chi connectivity index (χ2n) is 7.19. The third-order valence-electron chi connectivity index (χ3n) is 5.11. The zero-order chi connectivity index (χ0) is 20.4. The van der Waals surface area contributed by atoms with Gasteiger partial charge in [0.1, 0.15) is 5.75 Å². The van der Waals surface area contributed by atoms with Crippen molar-refractivity contribution in [2.45, 2.75) is 20.4 Å². The molecule has 0 saturated carbocycles. The van der Waals surface area contributed by atoms with Crippen LogP contribution < -0.4 is 15.0 Å². The van der Waals surface area contributed by atoms with E-state index < -0.39 is 0 Å². The van der Waals surface area contributed by atoms with Gasteiger partial charge in [-0.3, -0.25) is 9.59 Å². The molecule has 0 aliphatic carbocycles. The first-order valence-electron chi connectivity index (χ1n) is 9.51. The van der Waals surface area contributed by atoms with Crippen molar-refractivity contribution in [3.05, 3.63) is 89.0 Å². The topological polar surface area (TPSA) is 58.6 Å². The number of nitrogens with zero attached hydrogens (tertiary/aromatic N) is 1. The lowest BCUT2D eigenvalue weighted by atomic mass is 10.1. The van der Waals surface area contributed by atoms with Gasteiger partial charge in [0.15, 0.2) is 6.61 Å². The van der Waals surface area contributed by atoms with Crippen molar-refractivity contribution in [1.82, 2.24) is 0 Å². The molecule has 146 valence electrons. The number of carbonyl (C=O) groups excluding carboxylic acids is 2. The molecule has 1 aliphatic heterocycles. The monoisotopic (exact) mass is 386 g/mol. The Bertz CT molecular complexity index is 1080. The third kappa shape index (κ3) is 3.99. The van der Waals surface area contributed by atoms with E-state index in [0.29, 0.717) is 23.5 Å². The van der Waals surface area contributed by atoms with E-state index in [0.717, 1.165) is 16.8 Å². The van der Waals surface area contributed by atoms with Crippen LogP contribution in [0.5, 0.6) is 5.75 Å². The van der Waals surface area contributed by atoms with Crippen LogP contribution in [-0.2, 0) is 11.3 Å². The number of hydrogen-bond acceptors (Lipinski definition) is 3. The molecule has 1 N–H and O–H groups in total. The quantitative estimate of drug-likeness (QED) is 0.719. The standard InChI is InChI=1S/C24H22N2O3/c1-16-8-10-20(12-17(16)2)25-24(28)19-9-11-22-21(13-19)26(23(27)15-29-22)14-18-6-4-3-5-7-18/h3-13H,14-15H2,1-2H3,(H,25,28). The zero-order valence-electron chi connectivity index (χ0n) is 16.4. The van der Waals surface area contributed by atoms with Gasteiger partial charge in [-0.15, -0.1) is 0 Å². The Morgan fingerprint density at radius 3 is 2.55 bits per heavy atom. The van der Waals surface area contributed by atoms with E-state index in [1.165, 1.54) is 5.56 Å². The summed E-state index contributed by atoms with van der Waals surface area (Å²) >= 11 is 0. The van der Waals surface area contributed by atoms with Crippen LogP contribution in [0.15, 0.2) is 66.7 Å². The summed E-state index contributed by atoms with van der Waals surface area (Å²) in [6.07, 6.45) is 0. The van der Waals surface area contributed by atoms with Crippen LogP contribution in [0.25, 0.3) is 0 Å². The number of carbonyl (C=O) groups is 2. The van der Waals surface area contributed by atoms with Gasteiger partial charge in [0.2, 0.25) is 0 Å². The minimum atomic E-state index is -0.228. The van der Waals surface area contributed by atoms with E-state index in [-0.39, 0.29) is 18.4 Å². The van der Waals surface area contributed by atoms with Crippen molar-refractivity contribution in [2.24, 2.45) is 0 Å². The Morgan fingerprint density at radius 1 is 1.00 bits per heavy atom. The summed E-state index contributed by atoms with van der Waals surface area (Å²) in [6.45, 7) is 4.46. The molecule has 1 heterocycles. The molecule has 0 saturated heterocycles. The molecular formula is C24H22N2O3. The summed E-state index contributed by atoms with van der Waals surface area (Å²) in [6, 6.07) is 20.7. The first-order valence-corrected chi connectivity index (χ1v) is 9.51. The second kappa shape index (κ2) is 7.80. The van der Waals surface area contributed by atoms with Gasteiger partial charge < -0.3 is 15.0 Å². The van der Waals surface area contributed by atoms with Crippen LogP contribution in [0.3, 0.4) is 0 Å². The highest BCUT2D eigenvalue weighted by Crippen LogP contribution is 2.34. The van der Waals surface area contributed by atoms with E-state index in [1.54, 1.807) is 23.1 Å². The van der Waals surface area contributed by atoms with Crippen molar-refractivity contribution in [3.8, 4) is 5.75 Å². The van der Waals surface area contributed by atoms with E-state index in [1.807, 2.05) is 62.4 Å². The minimum Gasteiger partial charge on any atom is -0.482 e. The first kappa shape index (κ1) is 18.7. The lowest BCUT2D eigenvalue weighted by Gasteiger charge is -2.29. The number of fused-ring (bicyclic) bond motifs is 1. The molecule has 0 aromatic heterocycles. The third-order valence-corrected chi connectivity index (χ3v) is 5.11. The Kier molecular flexibility index (Phi) is 5.04.